The van der Waals surface area contributed by atoms with Gasteiger partial charge in [-0.1, -0.05) is 6.07 Å². The molecule has 0 atom stereocenters. The third-order valence-corrected chi connectivity index (χ3v) is 5.87. The zero-order valence-corrected chi connectivity index (χ0v) is 15.2. The Kier molecular flexibility index (Phi) is 4.98. The van der Waals surface area contributed by atoms with Crippen molar-refractivity contribution in [3.05, 3.63) is 60.2 Å². The number of carbonyl (C=O) groups is 1. The number of carbonyl (C=O) groups excluding carboxylic acids is 1. The summed E-state index contributed by atoms with van der Waals surface area (Å²) in [4.78, 5) is 25.7. The average molecular weight is 350 g/mol. The lowest BCUT2D eigenvalue weighted by Gasteiger charge is -2.47. The van der Waals surface area contributed by atoms with E-state index < -0.39 is 0 Å². The normalized spacial score (nSPS) is 20.2. The minimum Gasteiger partial charge on any atom is -0.339 e. The summed E-state index contributed by atoms with van der Waals surface area (Å²) >= 11 is 0. The van der Waals surface area contributed by atoms with E-state index in [-0.39, 0.29) is 5.91 Å². The van der Waals surface area contributed by atoms with Crippen LogP contribution in [0.5, 0.6) is 0 Å². The number of amides is 1. The maximum atomic E-state index is 12.6. The molecule has 4 heterocycles. The molecule has 0 aliphatic carbocycles. The minimum absolute atomic E-state index is 0.120. The highest BCUT2D eigenvalue weighted by molar-refractivity contribution is 5.93. The largest absolute Gasteiger partial charge is 0.339 e. The monoisotopic (exact) mass is 350 g/mol. The molecule has 0 N–H and O–H groups in total. The van der Waals surface area contributed by atoms with Gasteiger partial charge in [0.15, 0.2) is 0 Å². The summed E-state index contributed by atoms with van der Waals surface area (Å²) < 4.78 is 0. The van der Waals surface area contributed by atoms with Crippen molar-refractivity contribution in [2.75, 3.05) is 26.2 Å². The van der Waals surface area contributed by atoms with E-state index in [4.69, 9.17) is 0 Å². The van der Waals surface area contributed by atoms with Crippen LogP contribution >= 0.6 is 0 Å². The standard InChI is InChI=1S/C21H26N4O/c26-20(18-5-3-10-22-15-18)25-13-8-21(9-14-25)7-4-12-24(17-21)16-19-6-1-2-11-23-19/h1-3,5-6,10-11,15H,4,7-9,12-14,16-17H2. The van der Waals surface area contributed by atoms with Gasteiger partial charge in [0.25, 0.3) is 5.91 Å². The van der Waals surface area contributed by atoms with Crippen molar-refractivity contribution in [2.45, 2.75) is 32.2 Å². The van der Waals surface area contributed by atoms with Crippen LogP contribution in [-0.2, 0) is 6.54 Å². The lowest BCUT2D eigenvalue weighted by atomic mass is 9.72. The lowest BCUT2D eigenvalue weighted by Crippen LogP contribution is -2.50. The van der Waals surface area contributed by atoms with Crippen LogP contribution in [0, 0.1) is 5.41 Å². The molecule has 5 nitrogen and oxygen atoms in total. The third-order valence-electron chi connectivity index (χ3n) is 5.87. The summed E-state index contributed by atoms with van der Waals surface area (Å²) in [6, 6.07) is 9.82. The Labute approximate surface area is 155 Å². The first kappa shape index (κ1) is 17.2. The molecule has 26 heavy (non-hydrogen) atoms. The molecule has 4 rings (SSSR count). The van der Waals surface area contributed by atoms with Gasteiger partial charge in [-0.15, -0.1) is 0 Å². The lowest BCUT2D eigenvalue weighted by molar-refractivity contribution is 0.0194. The van der Waals surface area contributed by atoms with E-state index in [0.29, 0.717) is 11.0 Å². The van der Waals surface area contributed by atoms with Gasteiger partial charge in [-0.2, -0.15) is 0 Å². The summed E-state index contributed by atoms with van der Waals surface area (Å²) in [7, 11) is 0. The SMILES string of the molecule is O=C(c1cccnc1)N1CCC2(CCCN(Cc3ccccn3)C2)CC1. The predicted octanol–water partition coefficient (Wildman–Crippen LogP) is 3.00. The van der Waals surface area contributed by atoms with Crippen LogP contribution in [-0.4, -0.2) is 51.9 Å². The summed E-state index contributed by atoms with van der Waals surface area (Å²) in [5.74, 6) is 0.120. The predicted molar refractivity (Wildman–Crippen MR) is 101 cm³/mol. The molecular weight excluding hydrogens is 324 g/mol. The van der Waals surface area contributed by atoms with Crippen molar-refractivity contribution >= 4 is 5.91 Å². The first-order chi connectivity index (χ1) is 12.7. The van der Waals surface area contributed by atoms with Crippen molar-refractivity contribution in [1.29, 1.82) is 0 Å². The number of aromatic nitrogens is 2. The van der Waals surface area contributed by atoms with Gasteiger partial charge in [0.2, 0.25) is 0 Å². The molecule has 0 aromatic carbocycles. The number of hydrogen-bond donors (Lipinski definition) is 0. The number of likely N-dealkylation sites (tertiary alicyclic amines) is 2. The highest BCUT2D eigenvalue weighted by Gasteiger charge is 2.39. The molecule has 1 spiro atoms. The smallest absolute Gasteiger partial charge is 0.255 e. The zero-order chi connectivity index (χ0) is 17.8. The van der Waals surface area contributed by atoms with E-state index in [9.17, 15) is 4.79 Å². The van der Waals surface area contributed by atoms with Gasteiger partial charge in [-0.3, -0.25) is 19.7 Å². The van der Waals surface area contributed by atoms with Crippen LogP contribution in [0.15, 0.2) is 48.9 Å². The van der Waals surface area contributed by atoms with Gasteiger partial charge in [0.05, 0.1) is 11.3 Å². The fourth-order valence-electron chi connectivity index (χ4n) is 4.43. The number of piperidine rings is 2. The zero-order valence-electron chi connectivity index (χ0n) is 15.2. The maximum Gasteiger partial charge on any atom is 0.255 e. The van der Waals surface area contributed by atoms with Crippen LogP contribution in [0.2, 0.25) is 0 Å². The van der Waals surface area contributed by atoms with Crippen LogP contribution in [0.1, 0.15) is 41.7 Å². The molecular formula is C21H26N4O. The Morgan fingerprint density at radius 3 is 2.65 bits per heavy atom. The Morgan fingerprint density at radius 1 is 1.04 bits per heavy atom. The molecule has 2 aromatic heterocycles. The molecule has 5 heteroatoms. The van der Waals surface area contributed by atoms with Crippen molar-refractivity contribution in [1.82, 2.24) is 19.8 Å². The number of pyridine rings is 2. The average Bonchev–Trinajstić information content (AvgIpc) is 2.70. The maximum absolute atomic E-state index is 12.6. The second-order valence-corrected chi connectivity index (χ2v) is 7.67. The van der Waals surface area contributed by atoms with E-state index in [1.54, 1.807) is 12.4 Å². The van der Waals surface area contributed by atoms with Gasteiger partial charge in [-0.25, -0.2) is 0 Å². The summed E-state index contributed by atoms with van der Waals surface area (Å²) in [6.45, 7) is 4.91. The molecule has 1 amide bonds. The van der Waals surface area contributed by atoms with Crippen molar-refractivity contribution in [3.8, 4) is 0 Å². The summed E-state index contributed by atoms with van der Waals surface area (Å²) in [6.07, 6.45) is 9.96. The number of rotatable bonds is 3. The summed E-state index contributed by atoms with van der Waals surface area (Å²) in [5, 5.41) is 0. The van der Waals surface area contributed by atoms with Gasteiger partial charge in [0, 0.05) is 44.8 Å². The molecule has 0 radical (unpaired) electrons. The van der Waals surface area contributed by atoms with Crippen LogP contribution in [0.4, 0.5) is 0 Å². The van der Waals surface area contributed by atoms with Crippen molar-refractivity contribution in [2.24, 2.45) is 5.41 Å². The third kappa shape index (κ3) is 3.78. The van der Waals surface area contributed by atoms with Crippen LogP contribution in [0.25, 0.3) is 0 Å². The molecule has 0 saturated carbocycles. The molecule has 0 bridgehead atoms. The first-order valence-electron chi connectivity index (χ1n) is 9.56. The second kappa shape index (κ2) is 7.54. The topological polar surface area (TPSA) is 49.3 Å². The van der Waals surface area contributed by atoms with E-state index in [1.165, 1.54) is 12.8 Å². The Balaban J connectivity index is 1.36. The summed E-state index contributed by atoms with van der Waals surface area (Å²) in [5.41, 5.74) is 2.20. The van der Waals surface area contributed by atoms with Crippen molar-refractivity contribution in [3.63, 3.8) is 0 Å². The highest BCUT2D eigenvalue weighted by Crippen LogP contribution is 2.40. The van der Waals surface area contributed by atoms with Crippen LogP contribution in [0.3, 0.4) is 0 Å². The van der Waals surface area contributed by atoms with E-state index in [0.717, 1.165) is 51.3 Å². The molecule has 0 unspecified atom stereocenters. The first-order valence-corrected chi connectivity index (χ1v) is 9.56. The quantitative estimate of drug-likeness (QED) is 0.854. The van der Waals surface area contributed by atoms with Gasteiger partial charge in [-0.05, 0) is 61.9 Å². The van der Waals surface area contributed by atoms with E-state index >= 15 is 0 Å². The Bertz CT molecular complexity index is 726. The van der Waals surface area contributed by atoms with E-state index in [2.05, 4.69) is 27.0 Å². The molecule has 136 valence electrons. The number of hydrogen-bond acceptors (Lipinski definition) is 4. The molecule has 2 fully saturated rings. The fraction of sp³-hybridized carbons (Fsp3) is 0.476. The molecule has 2 aliphatic heterocycles. The minimum atomic E-state index is 0.120. The Hall–Kier alpha value is -2.27. The van der Waals surface area contributed by atoms with Gasteiger partial charge in [0.1, 0.15) is 0 Å². The number of nitrogens with zero attached hydrogens (tertiary/aromatic N) is 4. The van der Waals surface area contributed by atoms with E-state index in [1.807, 2.05) is 29.3 Å². The molecule has 2 saturated heterocycles. The van der Waals surface area contributed by atoms with Gasteiger partial charge < -0.3 is 4.90 Å². The molecule has 2 aromatic rings. The van der Waals surface area contributed by atoms with Gasteiger partial charge >= 0.3 is 0 Å². The Morgan fingerprint density at radius 2 is 1.92 bits per heavy atom. The fourth-order valence-corrected chi connectivity index (χ4v) is 4.43. The second-order valence-electron chi connectivity index (χ2n) is 7.67. The van der Waals surface area contributed by atoms with Crippen LogP contribution < -0.4 is 0 Å². The molecule has 2 aliphatic rings. The highest BCUT2D eigenvalue weighted by atomic mass is 16.2. The van der Waals surface area contributed by atoms with Crippen molar-refractivity contribution < 1.29 is 4.79 Å².